The number of rotatable bonds is 4. The van der Waals surface area contributed by atoms with Crippen LogP contribution in [-0.2, 0) is 0 Å². The summed E-state index contributed by atoms with van der Waals surface area (Å²) < 4.78 is 15.1. The van der Waals surface area contributed by atoms with Crippen molar-refractivity contribution in [3.05, 3.63) is 47.5 Å². The van der Waals surface area contributed by atoms with Gasteiger partial charge in [-0.2, -0.15) is 5.10 Å². The van der Waals surface area contributed by atoms with Gasteiger partial charge in [-0.15, -0.1) is 0 Å². The summed E-state index contributed by atoms with van der Waals surface area (Å²) in [7, 11) is 0. The van der Waals surface area contributed by atoms with E-state index in [9.17, 15) is 9.18 Å². The Morgan fingerprint density at radius 1 is 1.42 bits per heavy atom. The van der Waals surface area contributed by atoms with Crippen LogP contribution in [0.4, 0.5) is 4.39 Å². The van der Waals surface area contributed by atoms with Crippen LogP contribution in [0.5, 0.6) is 0 Å². The fourth-order valence-electron chi connectivity index (χ4n) is 1.83. The van der Waals surface area contributed by atoms with Gasteiger partial charge < -0.3 is 5.32 Å². The zero-order valence-corrected chi connectivity index (χ0v) is 11.0. The molecular weight excluding hydrogens is 245 g/mol. The summed E-state index contributed by atoms with van der Waals surface area (Å²) in [5.41, 5.74) is 1.44. The molecule has 100 valence electrons. The van der Waals surface area contributed by atoms with Crippen molar-refractivity contribution >= 4 is 5.91 Å². The summed E-state index contributed by atoms with van der Waals surface area (Å²) >= 11 is 0. The lowest BCUT2D eigenvalue weighted by atomic mass is 10.2. The number of carbonyl (C=O) groups excluding carboxylic acids is 1. The first kappa shape index (κ1) is 13.3. The summed E-state index contributed by atoms with van der Waals surface area (Å²) in [4.78, 5) is 11.9. The van der Waals surface area contributed by atoms with Crippen LogP contribution in [0.15, 0.2) is 30.5 Å². The number of hydrogen-bond acceptors (Lipinski definition) is 2. The van der Waals surface area contributed by atoms with Gasteiger partial charge in [0.05, 0.1) is 17.5 Å². The molecule has 0 aliphatic heterocycles. The Hall–Kier alpha value is -2.17. The molecule has 1 aromatic heterocycles. The molecule has 1 aromatic carbocycles. The molecule has 0 bridgehead atoms. The highest BCUT2D eigenvalue weighted by Gasteiger charge is 2.16. The largest absolute Gasteiger partial charge is 0.352 e. The van der Waals surface area contributed by atoms with Crippen molar-refractivity contribution in [1.29, 1.82) is 0 Å². The summed E-state index contributed by atoms with van der Waals surface area (Å²) in [6.07, 6.45) is 2.33. The average Bonchev–Trinajstić information content (AvgIpc) is 2.78. The number of hydrogen-bond donors (Lipinski definition) is 1. The Bertz CT molecular complexity index is 592. The van der Waals surface area contributed by atoms with E-state index in [1.165, 1.54) is 16.9 Å². The molecule has 1 N–H and O–H groups in total. The van der Waals surface area contributed by atoms with Crippen LogP contribution < -0.4 is 5.32 Å². The maximum atomic E-state index is 13.7. The van der Waals surface area contributed by atoms with Gasteiger partial charge >= 0.3 is 0 Å². The Balaban J connectivity index is 2.33. The first-order chi connectivity index (χ1) is 9.15. The number of amides is 1. The van der Waals surface area contributed by atoms with E-state index in [1.54, 1.807) is 25.1 Å². The van der Waals surface area contributed by atoms with E-state index >= 15 is 0 Å². The highest BCUT2D eigenvalue weighted by Crippen LogP contribution is 2.16. The Kier molecular flexibility index (Phi) is 3.94. The van der Waals surface area contributed by atoms with Crippen LogP contribution >= 0.6 is 0 Å². The number of nitrogens with one attached hydrogen (secondary N) is 1. The van der Waals surface area contributed by atoms with Crippen molar-refractivity contribution in [2.75, 3.05) is 6.54 Å². The molecule has 5 heteroatoms. The van der Waals surface area contributed by atoms with Crippen molar-refractivity contribution in [2.45, 2.75) is 20.3 Å². The molecule has 0 spiro atoms. The highest BCUT2D eigenvalue weighted by molar-refractivity contribution is 5.95. The zero-order chi connectivity index (χ0) is 13.8. The van der Waals surface area contributed by atoms with E-state index in [-0.39, 0.29) is 11.7 Å². The van der Waals surface area contributed by atoms with E-state index < -0.39 is 0 Å². The van der Waals surface area contributed by atoms with Gasteiger partial charge in [0.15, 0.2) is 0 Å². The number of nitrogens with zero attached hydrogens (tertiary/aromatic N) is 2. The molecule has 0 aliphatic rings. The standard InChI is InChI=1S/C14H16FN3O/c1-3-8-16-14(19)11-9-17-18(10(11)2)13-7-5-4-6-12(13)15/h4-7,9H,3,8H2,1-2H3,(H,16,19). The van der Waals surface area contributed by atoms with Gasteiger partial charge in [0, 0.05) is 6.54 Å². The monoisotopic (exact) mass is 261 g/mol. The minimum absolute atomic E-state index is 0.179. The molecule has 2 aromatic rings. The van der Waals surface area contributed by atoms with Crippen LogP contribution in [0.2, 0.25) is 0 Å². The number of carbonyl (C=O) groups is 1. The van der Waals surface area contributed by atoms with Gasteiger partial charge in [-0.05, 0) is 25.5 Å². The molecule has 0 saturated heterocycles. The number of halogens is 1. The number of para-hydroxylation sites is 1. The molecule has 0 aliphatic carbocycles. The molecular formula is C14H16FN3O. The van der Waals surface area contributed by atoms with Crippen molar-refractivity contribution in [2.24, 2.45) is 0 Å². The Morgan fingerprint density at radius 3 is 2.84 bits per heavy atom. The minimum Gasteiger partial charge on any atom is -0.352 e. The SMILES string of the molecule is CCCNC(=O)c1cnn(-c2ccccc2F)c1C. The summed E-state index contributed by atoms with van der Waals surface area (Å²) in [5, 5.41) is 6.87. The van der Waals surface area contributed by atoms with Gasteiger partial charge in [0.1, 0.15) is 11.5 Å². The molecule has 19 heavy (non-hydrogen) atoms. The predicted octanol–water partition coefficient (Wildman–Crippen LogP) is 2.46. The van der Waals surface area contributed by atoms with Gasteiger partial charge in [0.25, 0.3) is 5.91 Å². The second-order valence-corrected chi connectivity index (χ2v) is 4.26. The normalized spacial score (nSPS) is 10.5. The zero-order valence-electron chi connectivity index (χ0n) is 11.0. The number of benzene rings is 1. The highest BCUT2D eigenvalue weighted by atomic mass is 19.1. The topological polar surface area (TPSA) is 46.9 Å². The Labute approximate surface area is 111 Å². The minimum atomic E-state index is -0.366. The molecule has 2 rings (SSSR count). The second-order valence-electron chi connectivity index (χ2n) is 4.26. The smallest absolute Gasteiger partial charge is 0.254 e. The first-order valence-electron chi connectivity index (χ1n) is 6.23. The van der Waals surface area contributed by atoms with E-state index in [4.69, 9.17) is 0 Å². The first-order valence-corrected chi connectivity index (χ1v) is 6.23. The van der Waals surface area contributed by atoms with Crippen molar-refractivity contribution in [1.82, 2.24) is 15.1 Å². The molecule has 0 fully saturated rings. The lowest BCUT2D eigenvalue weighted by Crippen LogP contribution is -2.24. The van der Waals surface area contributed by atoms with Crippen LogP contribution in [0.25, 0.3) is 5.69 Å². The van der Waals surface area contributed by atoms with Gasteiger partial charge in [0.2, 0.25) is 0 Å². The fourth-order valence-corrected chi connectivity index (χ4v) is 1.83. The third-order valence-corrected chi connectivity index (χ3v) is 2.87. The van der Waals surface area contributed by atoms with Crippen LogP contribution in [0, 0.1) is 12.7 Å². The summed E-state index contributed by atoms with van der Waals surface area (Å²) in [6.45, 7) is 4.35. The molecule has 0 saturated carbocycles. The average molecular weight is 261 g/mol. The van der Waals surface area contributed by atoms with Gasteiger partial charge in [-0.25, -0.2) is 9.07 Å². The van der Waals surface area contributed by atoms with E-state index in [0.717, 1.165) is 6.42 Å². The van der Waals surface area contributed by atoms with Crippen LogP contribution in [0.3, 0.4) is 0 Å². The van der Waals surface area contributed by atoms with Crippen LogP contribution in [-0.4, -0.2) is 22.2 Å². The third kappa shape index (κ3) is 2.65. The third-order valence-electron chi connectivity index (χ3n) is 2.87. The van der Waals surface area contributed by atoms with Crippen molar-refractivity contribution in [3.8, 4) is 5.69 Å². The maximum absolute atomic E-state index is 13.7. The lowest BCUT2D eigenvalue weighted by Gasteiger charge is -2.06. The molecule has 0 radical (unpaired) electrons. The second kappa shape index (κ2) is 5.65. The quantitative estimate of drug-likeness (QED) is 0.919. The molecule has 1 amide bonds. The van der Waals surface area contributed by atoms with Crippen molar-refractivity contribution < 1.29 is 9.18 Å². The molecule has 1 heterocycles. The van der Waals surface area contributed by atoms with Gasteiger partial charge in [-0.1, -0.05) is 19.1 Å². The molecule has 4 nitrogen and oxygen atoms in total. The predicted molar refractivity (Wildman–Crippen MR) is 70.9 cm³/mol. The van der Waals surface area contributed by atoms with Gasteiger partial charge in [-0.3, -0.25) is 4.79 Å². The van der Waals surface area contributed by atoms with E-state index in [2.05, 4.69) is 10.4 Å². The summed E-state index contributed by atoms with van der Waals surface area (Å²) in [6, 6.07) is 6.35. The summed E-state index contributed by atoms with van der Waals surface area (Å²) in [5.74, 6) is -0.545. The fraction of sp³-hybridized carbons (Fsp3) is 0.286. The molecule has 0 unspecified atom stereocenters. The van der Waals surface area contributed by atoms with Crippen molar-refractivity contribution in [3.63, 3.8) is 0 Å². The van der Waals surface area contributed by atoms with Crippen LogP contribution in [0.1, 0.15) is 29.4 Å². The van der Waals surface area contributed by atoms with E-state index in [0.29, 0.717) is 23.5 Å². The number of aromatic nitrogens is 2. The van der Waals surface area contributed by atoms with E-state index in [1.807, 2.05) is 6.92 Å². The lowest BCUT2D eigenvalue weighted by molar-refractivity contribution is 0.0953. The molecule has 0 atom stereocenters. The maximum Gasteiger partial charge on any atom is 0.254 e. The Morgan fingerprint density at radius 2 is 2.16 bits per heavy atom.